The van der Waals surface area contributed by atoms with Crippen LogP contribution in [-0.4, -0.2) is 30.6 Å². The largest absolute Gasteiger partial charge is 0.350 e. The Hall–Kier alpha value is 2.99. The van der Waals surface area contributed by atoms with Crippen LogP contribution in [0.25, 0.3) is 0 Å². The van der Waals surface area contributed by atoms with Gasteiger partial charge in [0.25, 0.3) is 0 Å². The van der Waals surface area contributed by atoms with Crippen LogP contribution in [-0.2, 0) is 0 Å². The minimum Gasteiger partial charge on any atom is -0.350 e. The number of rotatable bonds is 0. The fraction of sp³-hybridized carbons (Fsp3) is 0.600. The molecule has 0 unspecified atom stereocenters. The van der Waals surface area contributed by atoms with E-state index < -0.39 is 0 Å². The van der Waals surface area contributed by atoms with Crippen LogP contribution in [0.5, 0.6) is 0 Å². The molecule has 0 aliphatic carbocycles. The molecule has 0 N–H and O–H groups in total. The Morgan fingerprint density at radius 3 is 1.25 bits per heavy atom. The van der Waals surface area contributed by atoms with Crippen LogP contribution in [0.15, 0.2) is 7.41 Å². The normalized spacial score (nSPS) is 15.0. The Bertz CT molecular complexity index is 144. The molecule has 0 bridgehead atoms. The maximum absolute atomic E-state index is 2.36. The highest BCUT2D eigenvalue weighted by Crippen LogP contribution is 2.29. The molecule has 1 aliphatic heterocycles. The predicted molar refractivity (Wildman–Crippen MR) is 102 cm³/mol. The predicted octanol–water partition coefficient (Wildman–Crippen LogP) is 3.67. The Morgan fingerprint density at radius 1 is 0.917 bits per heavy atom. The highest BCUT2D eigenvalue weighted by molar-refractivity contribution is 14.1. The quantitative estimate of drug-likeness (QED) is 0.277. The second kappa shape index (κ2) is 9.23. The lowest BCUT2D eigenvalue weighted by molar-refractivity contribution is 0.336. The van der Waals surface area contributed by atoms with Gasteiger partial charge >= 0.3 is 0 Å². The lowest BCUT2D eigenvalue weighted by atomic mass is 10.9. The minimum absolute atomic E-state index is 0. The lowest BCUT2D eigenvalue weighted by Gasteiger charge is -2.13. The average molecular weight is 734 g/mol. The average Bonchev–Trinajstić information content (AvgIpc) is 1.98. The summed E-state index contributed by atoms with van der Waals surface area (Å²) in [7, 11) is 4.20. The smallest absolute Gasteiger partial charge is 0.107 e. The molecule has 7 heteroatoms. The summed E-state index contributed by atoms with van der Waals surface area (Å²) >= 11 is 4.71. The summed E-state index contributed by atoms with van der Waals surface area (Å²) in [4.78, 5) is 4.45. The Kier molecular flexibility index (Phi) is 15.7. The standard InChI is InChI=1S/C5H8I2N2.3HI/c1-8-3-9(2)5(7)4(8)6;;;/h3H2,1-2H3;3*1H. The molecular weight excluding hydrogens is 723 g/mol. The van der Waals surface area contributed by atoms with Crippen molar-refractivity contribution in [2.45, 2.75) is 0 Å². The van der Waals surface area contributed by atoms with E-state index in [4.69, 9.17) is 0 Å². The molecule has 0 saturated carbocycles. The first kappa shape index (κ1) is 20.4. The molecule has 0 aromatic carbocycles. The summed E-state index contributed by atoms with van der Waals surface area (Å²) in [6, 6.07) is 0. The molecule has 2 nitrogen and oxygen atoms in total. The van der Waals surface area contributed by atoms with E-state index in [1.54, 1.807) is 0 Å². The fourth-order valence-corrected chi connectivity index (χ4v) is 1.89. The Balaban J connectivity index is -0.000000270. The highest BCUT2D eigenvalue weighted by atomic mass is 127. The van der Waals surface area contributed by atoms with Crippen molar-refractivity contribution in [3.63, 3.8) is 0 Å². The summed E-state index contributed by atoms with van der Waals surface area (Å²) in [5, 5.41) is 0. The molecule has 0 saturated heterocycles. The summed E-state index contributed by atoms with van der Waals surface area (Å²) in [6.07, 6.45) is 0. The SMILES string of the molecule is CN1CN(C)C(I)=C1I.I.I.I. The molecule has 0 fully saturated rings. The van der Waals surface area contributed by atoms with Gasteiger partial charge in [0.2, 0.25) is 0 Å². The monoisotopic (exact) mass is 734 g/mol. The van der Waals surface area contributed by atoms with Crippen molar-refractivity contribution in [3.05, 3.63) is 7.41 Å². The van der Waals surface area contributed by atoms with Crippen molar-refractivity contribution in [2.75, 3.05) is 20.8 Å². The first-order valence-corrected chi connectivity index (χ1v) is 4.76. The van der Waals surface area contributed by atoms with Crippen molar-refractivity contribution in [2.24, 2.45) is 0 Å². The molecule has 1 rings (SSSR count). The number of halogens is 5. The van der Waals surface area contributed by atoms with Gasteiger partial charge < -0.3 is 9.80 Å². The zero-order valence-electron chi connectivity index (χ0n) is 6.58. The van der Waals surface area contributed by atoms with Crippen LogP contribution in [0, 0.1) is 0 Å². The van der Waals surface area contributed by atoms with Gasteiger partial charge in [-0.1, -0.05) is 0 Å². The van der Waals surface area contributed by atoms with Gasteiger partial charge in [-0.15, -0.1) is 71.9 Å². The third-order valence-corrected chi connectivity index (χ3v) is 4.97. The summed E-state index contributed by atoms with van der Waals surface area (Å²) < 4.78 is 2.69. The highest BCUT2D eigenvalue weighted by Gasteiger charge is 2.18. The molecule has 0 amide bonds. The van der Waals surface area contributed by atoms with Crippen molar-refractivity contribution >= 4 is 117 Å². The molecule has 0 aromatic rings. The van der Waals surface area contributed by atoms with Gasteiger partial charge in [-0.2, -0.15) is 0 Å². The van der Waals surface area contributed by atoms with Crippen molar-refractivity contribution in [1.82, 2.24) is 9.80 Å². The van der Waals surface area contributed by atoms with E-state index >= 15 is 0 Å². The van der Waals surface area contributed by atoms with Gasteiger partial charge in [0, 0.05) is 14.1 Å². The fourth-order valence-electron chi connectivity index (χ4n) is 0.757. The third kappa shape index (κ3) is 5.18. The van der Waals surface area contributed by atoms with Crippen molar-refractivity contribution < 1.29 is 0 Å². The van der Waals surface area contributed by atoms with E-state index in [2.05, 4.69) is 69.1 Å². The lowest BCUT2D eigenvalue weighted by Crippen LogP contribution is -2.19. The van der Waals surface area contributed by atoms with Gasteiger partial charge in [-0.05, 0) is 45.2 Å². The summed E-state index contributed by atoms with van der Waals surface area (Å²) in [6.45, 7) is 1.02. The van der Waals surface area contributed by atoms with Gasteiger partial charge in [-0.25, -0.2) is 0 Å². The van der Waals surface area contributed by atoms with Gasteiger partial charge in [0.1, 0.15) is 7.41 Å². The van der Waals surface area contributed by atoms with Crippen molar-refractivity contribution in [3.8, 4) is 0 Å². The van der Waals surface area contributed by atoms with E-state index in [1.807, 2.05) is 0 Å². The summed E-state index contributed by atoms with van der Waals surface area (Å²) in [5.74, 6) is 0. The minimum atomic E-state index is 0. The zero-order chi connectivity index (χ0) is 7.02. The van der Waals surface area contributed by atoms with Crippen LogP contribution in [0.4, 0.5) is 0 Å². The maximum atomic E-state index is 2.36. The first-order chi connectivity index (χ1) is 4.13. The second-order valence-electron chi connectivity index (χ2n) is 2.12. The van der Waals surface area contributed by atoms with Crippen LogP contribution < -0.4 is 0 Å². The molecular formula is C5H11I5N2. The van der Waals surface area contributed by atoms with Crippen LogP contribution >= 0.6 is 117 Å². The van der Waals surface area contributed by atoms with E-state index in [1.165, 1.54) is 7.41 Å². The molecule has 1 aliphatic rings. The molecule has 12 heavy (non-hydrogen) atoms. The van der Waals surface area contributed by atoms with Gasteiger partial charge in [0.15, 0.2) is 0 Å². The van der Waals surface area contributed by atoms with E-state index in [-0.39, 0.29) is 71.9 Å². The maximum Gasteiger partial charge on any atom is 0.107 e. The van der Waals surface area contributed by atoms with Crippen molar-refractivity contribution in [1.29, 1.82) is 0 Å². The van der Waals surface area contributed by atoms with Crippen LogP contribution in [0.3, 0.4) is 0 Å². The topological polar surface area (TPSA) is 6.48 Å². The Morgan fingerprint density at radius 2 is 1.17 bits per heavy atom. The molecule has 1 heterocycles. The molecule has 0 radical (unpaired) electrons. The second-order valence-corrected chi connectivity index (χ2v) is 4.16. The van der Waals surface area contributed by atoms with E-state index in [9.17, 15) is 0 Å². The van der Waals surface area contributed by atoms with E-state index in [0.717, 1.165) is 6.67 Å². The number of hydrogen-bond donors (Lipinski definition) is 0. The number of hydrogen-bond acceptors (Lipinski definition) is 2. The molecule has 0 atom stereocenters. The van der Waals surface area contributed by atoms with Crippen LogP contribution in [0.2, 0.25) is 0 Å². The zero-order valence-corrected chi connectivity index (χ0v) is 17.9. The van der Waals surface area contributed by atoms with E-state index in [0.29, 0.717) is 0 Å². The third-order valence-electron chi connectivity index (χ3n) is 1.26. The van der Waals surface area contributed by atoms with Gasteiger partial charge in [0.05, 0.1) is 6.67 Å². The van der Waals surface area contributed by atoms with Gasteiger partial charge in [-0.3, -0.25) is 0 Å². The Labute approximate surface area is 152 Å². The summed E-state index contributed by atoms with van der Waals surface area (Å²) in [5.41, 5.74) is 0. The molecule has 76 valence electrons. The molecule has 0 spiro atoms. The van der Waals surface area contributed by atoms with Crippen LogP contribution in [0.1, 0.15) is 0 Å². The molecule has 0 aromatic heterocycles. The first-order valence-electron chi connectivity index (χ1n) is 2.60. The number of nitrogens with zero attached hydrogens (tertiary/aromatic N) is 2.